The molecule has 30 heavy (non-hydrogen) atoms. The molecule has 4 rings (SSSR count). The number of thiophene rings is 1. The number of hydrazone groups is 1. The Balaban J connectivity index is 1.40. The number of halogens is 1. The molecular formula is C23H16ClN3O2S. The Morgan fingerprint density at radius 3 is 2.30 bits per heavy atom. The van der Waals surface area contributed by atoms with E-state index in [4.69, 9.17) is 11.6 Å². The third kappa shape index (κ3) is 4.40. The minimum Gasteiger partial charge on any atom is -0.321 e. The molecule has 2 amide bonds. The Kier molecular flexibility index (Phi) is 5.88. The molecule has 1 heterocycles. The summed E-state index contributed by atoms with van der Waals surface area (Å²) in [5.41, 5.74) is 4.36. The first-order valence-electron chi connectivity index (χ1n) is 9.09. The summed E-state index contributed by atoms with van der Waals surface area (Å²) in [6.45, 7) is 0. The monoisotopic (exact) mass is 433 g/mol. The van der Waals surface area contributed by atoms with Gasteiger partial charge in [0.25, 0.3) is 11.8 Å². The van der Waals surface area contributed by atoms with Gasteiger partial charge < -0.3 is 5.32 Å². The normalized spacial score (nSPS) is 11.0. The highest BCUT2D eigenvalue weighted by molar-refractivity contribution is 7.21. The average Bonchev–Trinajstić information content (AvgIpc) is 3.12. The zero-order valence-electron chi connectivity index (χ0n) is 15.6. The van der Waals surface area contributed by atoms with E-state index in [2.05, 4.69) is 15.8 Å². The molecule has 7 heteroatoms. The summed E-state index contributed by atoms with van der Waals surface area (Å²) in [5, 5.41) is 8.07. The van der Waals surface area contributed by atoms with Gasteiger partial charge in [-0.05, 0) is 35.9 Å². The van der Waals surface area contributed by atoms with Crippen LogP contribution >= 0.6 is 22.9 Å². The molecule has 0 radical (unpaired) electrons. The van der Waals surface area contributed by atoms with Crippen LogP contribution in [-0.2, 0) is 0 Å². The number of amides is 2. The molecule has 4 aromatic rings. The van der Waals surface area contributed by atoms with Crippen LogP contribution in [0.5, 0.6) is 0 Å². The molecule has 0 bridgehead atoms. The summed E-state index contributed by atoms with van der Waals surface area (Å²) in [6.07, 6.45) is 1.57. The number of carbonyl (C=O) groups is 2. The van der Waals surface area contributed by atoms with Gasteiger partial charge in [-0.3, -0.25) is 9.59 Å². The number of rotatable bonds is 5. The van der Waals surface area contributed by atoms with Gasteiger partial charge in [-0.2, -0.15) is 5.10 Å². The molecule has 5 nitrogen and oxygen atoms in total. The van der Waals surface area contributed by atoms with E-state index in [9.17, 15) is 9.59 Å². The van der Waals surface area contributed by atoms with E-state index in [-0.39, 0.29) is 11.8 Å². The van der Waals surface area contributed by atoms with Crippen molar-refractivity contribution in [2.75, 3.05) is 5.32 Å². The Morgan fingerprint density at radius 1 is 0.867 bits per heavy atom. The van der Waals surface area contributed by atoms with Gasteiger partial charge in [0, 0.05) is 21.3 Å². The van der Waals surface area contributed by atoms with Crippen molar-refractivity contribution >= 4 is 56.7 Å². The maximum Gasteiger partial charge on any atom is 0.271 e. The highest BCUT2D eigenvalue weighted by Gasteiger charge is 2.17. The number of nitrogens with one attached hydrogen (secondary N) is 2. The predicted molar refractivity (Wildman–Crippen MR) is 123 cm³/mol. The minimum atomic E-state index is -0.340. The molecule has 2 N–H and O–H groups in total. The molecule has 0 aliphatic rings. The molecule has 0 saturated heterocycles. The standard InChI is InChI=1S/C23H16ClN3O2S/c24-20-18-8-4-5-9-19(18)30-21(20)23(29)26-17-12-10-16(11-13-17)22(28)27-25-14-15-6-2-1-3-7-15/h1-14H,(H,26,29)(H,27,28)/b25-14-. The second-order valence-corrected chi connectivity index (χ2v) is 7.81. The van der Waals surface area contributed by atoms with Gasteiger partial charge >= 0.3 is 0 Å². The predicted octanol–water partition coefficient (Wildman–Crippen LogP) is 5.57. The van der Waals surface area contributed by atoms with E-state index >= 15 is 0 Å². The molecular weight excluding hydrogens is 418 g/mol. The fourth-order valence-corrected chi connectivity index (χ4v) is 4.23. The smallest absolute Gasteiger partial charge is 0.271 e. The number of carbonyl (C=O) groups excluding carboxylic acids is 2. The third-order valence-electron chi connectivity index (χ3n) is 4.33. The lowest BCUT2D eigenvalue weighted by molar-refractivity contribution is 0.0954. The molecule has 1 aromatic heterocycles. The number of benzene rings is 3. The van der Waals surface area contributed by atoms with Crippen LogP contribution in [0.2, 0.25) is 5.02 Å². The van der Waals surface area contributed by atoms with Gasteiger partial charge in [-0.15, -0.1) is 11.3 Å². The van der Waals surface area contributed by atoms with Crippen LogP contribution < -0.4 is 10.7 Å². The lowest BCUT2D eigenvalue weighted by atomic mass is 10.2. The zero-order chi connectivity index (χ0) is 20.9. The van der Waals surface area contributed by atoms with Crippen LogP contribution in [0.1, 0.15) is 25.6 Å². The van der Waals surface area contributed by atoms with Gasteiger partial charge in [0.2, 0.25) is 0 Å². The highest BCUT2D eigenvalue weighted by Crippen LogP contribution is 2.35. The van der Waals surface area contributed by atoms with Gasteiger partial charge in [0.1, 0.15) is 4.88 Å². The number of fused-ring (bicyclic) bond motifs is 1. The number of anilines is 1. The highest BCUT2D eigenvalue weighted by atomic mass is 35.5. The average molecular weight is 434 g/mol. The first-order chi connectivity index (χ1) is 14.6. The minimum absolute atomic E-state index is 0.286. The molecule has 0 unspecified atom stereocenters. The molecule has 0 aliphatic heterocycles. The van der Waals surface area contributed by atoms with Crippen molar-refractivity contribution in [3.05, 3.63) is 99.9 Å². The number of hydrogen-bond donors (Lipinski definition) is 2. The zero-order valence-corrected chi connectivity index (χ0v) is 17.2. The third-order valence-corrected chi connectivity index (χ3v) is 6.00. The van der Waals surface area contributed by atoms with E-state index < -0.39 is 0 Å². The molecule has 0 spiro atoms. The lowest BCUT2D eigenvalue weighted by Crippen LogP contribution is -2.17. The number of nitrogens with zero attached hydrogens (tertiary/aromatic N) is 1. The van der Waals surface area contributed by atoms with Crippen LogP contribution in [0.3, 0.4) is 0 Å². The Bertz CT molecular complexity index is 1230. The molecule has 0 aliphatic carbocycles. The second-order valence-electron chi connectivity index (χ2n) is 6.38. The van der Waals surface area contributed by atoms with Gasteiger partial charge in [-0.25, -0.2) is 5.43 Å². The van der Waals surface area contributed by atoms with Gasteiger partial charge in [-0.1, -0.05) is 60.1 Å². The summed E-state index contributed by atoms with van der Waals surface area (Å²) >= 11 is 7.70. The summed E-state index contributed by atoms with van der Waals surface area (Å²) in [5.74, 6) is -0.626. The largest absolute Gasteiger partial charge is 0.321 e. The van der Waals surface area contributed by atoms with Crippen molar-refractivity contribution in [3.63, 3.8) is 0 Å². The molecule has 0 fully saturated rings. The first kappa shape index (κ1) is 19.8. The summed E-state index contributed by atoms with van der Waals surface area (Å²) in [7, 11) is 0. The van der Waals surface area contributed by atoms with Crippen LogP contribution in [-0.4, -0.2) is 18.0 Å². The van der Waals surface area contributed by atoms with Crippen LogP contribution in [0.15, 0.2) is 84.0 Å². The van der Waals surface area contributed by atoms with Crippen LogP contribution in [0.25, 0.3) is 10.1 Å². The van der Waals surface area contributed by atoms with Crippen LogP contribution in [0, 0.1) is 0 Å². The molecule has 0 saturated carbocycles. The topological polar surface area (TPSA) is 70.6 Å². The van der Waals surface area contributed by atoms with Crippen molar-refractivity contribution in [2.45, 2.75) is 0 Å². The van der Waals surface area contributed by atoms with Crippen molar-refractivity contribution in [1.29, 1.82) is 0 Å². The summed E-state index contributed by atoms with van der Waals surface area (Å²) < 4.78 is 0.954. The van der Waals surface area contributed by atoms with E-state index in [0.717, 1.165) is 15.6 Å². The fourth-order valence-electron chi connectivity index (χ4n) is 2.82. The summed E-state index contributed by atoms with van der Waals surface area (Å²) in [4.78, 5) is 25.3. The molecule has 3 aromatic carbocycles. The van der Waals surface area contributed by atoms with Gasteiger partial charge in [0.05, 0.1) is 11.2 Å². The maximum absolute atomic E-state index is 12.6. The Morgan fingerprint density at radius 2 is 1.57 bits per heavy atom. The van der Waals surface area contributed by atoms with Crippen molar-refractivity contribution in [2.24, 2.45) is 5.10 Å². The second kappa shape index (κ2) is 8.90. The SMILES string of the molecule is O=C(N/N=C\c1ccccc1)c1ccc(NC(=O)c2sc3ccccc3c2Cl)cc1. The Hall–Kier alpha value is -3.48. The molecule has 148 valence electrons. The quantitative estimate of drug-likeness (QED) is 0.319. The van der Waals surface area contributed by atoms with Crippen LogP contribution in [0.4, 0.5) is 5.69 Å². The van der Waals surface area contributed by atoms with Crippen molar-refractivity contribution < 1.29 is 9.59 Å². The van der Waals surface area contributed by atoms with E-state index in [1.54, 1.807) is 30.5 Å². The van der Waals surface area contributed by atoms with E-state index in [1.165, 1.54) is 11.3 Å². The first-order valence-corrected chi connectivity index (χ1v) is 10.3. The Labute approximate surface area is 182 Å². The lowest BCUT2D eigenvalue weighted by Gasteiger charge is -2.05. The van der Waals surface area contributed by atoms with Gasteiger partial charge in [0.15, 0.2) is 0 Å². The van der Waals surface area contributed by atoms with Crippen molar-refractivity contribution in [3.8, 4) is 0 Å². The fraction of sp³-hybridized carbons (Fsp3) is 0. The molecule has 0 atom stereocenters. The van der Waals surface area contributed by atoms with E-state index in [0.29, 0.717) is 21.2 Å². The summed E-state index contributed by atoms with van der Waals surface area (Å²) in [6, 6.07) is 23.6. The van der Waals surface area contributed by atoms with Crippen molar-refractivity contribution in [1.82, 2.24) is 5.43 Å². The van der Waals surface area contributed by atoms with E-state index in [1.807, 2.05) is 54.6 Å². The number of hydrogen-bond acceptors (Lipinski definition) is 4. The maximum atomic E-state index is 12.6.